The quantitative estimate of drug-likeness (QED) is 0.657. The third-order valence-corrected chi connectivity index (χ3v) is 2.74. The molecule has 0 aromatic heterocycles. The number of carbonyl (C=O) groups is 1. The Balaban J connectivity index is 0.00000169. The number of aliphatic carboxylic acids is 1. The monoisotopic (exact) mass is 223 g/mol. The summed E-state index contributed by atoms with van der Waals surface area (Å²) in [6, 6.07) is -0.611. The molecule has 0 heterocycles. The van der Waals surface area contributed by atoms with Gasteiger partial charge < -0.3 is 15.9 Å². The molecule has 0 aromatic carbocycles. The Bertz CT molecular complexity index is 183. The second-order valence-electron chi connectivity index (χ2n) is 3.83. The Morgan fingerprint density at radius 2 is 1.93 bits per heavy atom. The molecular weight excluding hydrogens is 206 g/mol. The van der Waals surface area contributed by atoms with Crippen molar-refractivity contribution in [3.05, 3.63) is 0 Å². The van der Waals surface area contributed by atoms with E-state index in [4.69, 9.17) is 15.9 Å². The molecule has 0 saturated heterocycles. The lowest BCUT2D eigenvalue weighted by Crippen LogP contribution is -2.41. The van der Waals surface area contributed by atoms with Crippen LogP contribution in [0.1, 0.15) is 32.1 Å². The van der Waals surface area contributed by atoms with E-state index in [0.717, 1.165) is 12.8 Å². The summed E-state index contributed by atoms with van der Waals surface area (Å²) >= 11 is 0. The van der Waals surface area contributed by atoms with Crippen LogP contribution in [0, 0.1) is 5.92 Å². The van der Waals surface area contributed by atoms with E-state index >= 15 is 0 Å². The number of hydrogen-bond acceptors (Lipinski definition) is 3. The highest BCUT2D eigenvalue weighted by molar-refractivity contribution is 5.85. The van der Waals surface area contributed by atoms with Crippen molar-refractivity contribution in [2.45, 2.75) is 44.2 Å². The van der Waals surface area contributed by atoms with Crippen LogP contribution in [-0.4, -0.2) is 28.3 Å². The van der Waals surface area contributed by atoms with E-state index in [0.29, 0.717) is 12.3 Å². The van der Waals surface area contributed by atoms with E-state index < -0.39 is 18.1 Å². The van der Waals surface area contributed by atoms with E-state index in [1.807, 2.05) is 0 Å². The molecule has 14 heavy (non-hydrogen) atoms. The van der Waals surface area contributed by atoms with Crippen LogP contribution in [0.3, 0.4) is 0 Å². The zero-order chi connectivity index (χ0) is 9.84. The number of aliphatic hydroxyl groups excluding tert-OH is 1. The second kappa shape index (κ2) is 6.22. The predicted octanol–water partition coefficient (Wildman–Crippen LogP) is 0.761. The van der Waals surface area contributed by atoms with Crippen LogP contribution in [0.25, 0.3) is 0 Å². The lowest BCUT2D eigenvalue weighted by atomic mass is 9.96. The maximum Gasteiger partial charge on any atom is 0.334 e. The van der Waals surface area contributed by atoms with Crippen molar-refractivity contribution in [3.8, 4) is 0 Å². The van der Waals surface area contributed by atoms with Crippen LogP contribution in [0.5, 0.6) is 0 Å². The first-order valence-electron chi connectivity index (χ1n) is 4.77. The summed E-state index contributed by atoms with van der Waals surface area (Å²) in [5.41, 5.74) is 5.57. The average Bonchev–Trinajstić information content (AvgIpc) is 2.55. The van der Waals surface area contributed by atoms with Gasteiger partial charge in [0.15, 0.2) is 6.10 Å². The maximum absolute atomic E-state index is 10.4. The van der Waals surface area contributed by atoms with Crippen LogP contribution >= 0.6 is 12.4 Å². The Morgan fingerprint density at radius 3 is 2.36 bits per heavy atom. The predicted molar refractivity (Wildman–Crippen MR) is 55.4 cm³/mol. The largest absolute Gasteiger partial charge is 0.479 e. The third kappa shape index (κ3) is 3.82. The summed E-state index contributed by atoms with van der Waals surface area (Å²) in [6.45, 7) is 0. The number of hydrogen-bond donors (Lipinski definition) is 3. The van der Waals surface area contributed by atoms with E-state index in [-0.39, 0.29) is 12.4 Å². The molecule has 2 unspecified atom stereocenters. The lowest BCUT2D eigenvalue weighted by molar-refractivity contribution is -0.147. The average molecular weight is 224 g/mol. The highest BCUT2D eigenvalue weighted by Crippen LogP contribution is 2.28. The number of aliphatic hydroxyl groups is 1. The Hall–Kier alpha value is -0.320. The number of nitrogens with two attached hydrogens (primary N) is 1. The van der Waals surface area contributed by atoms with Crippen molar-refractivity contribution >= 4 is 18.4 Å². The summed E-state index contributed by atoms with van der Waals surface area (Å²) in [5.74, 6) is -0.700. The molecule has 84 valence electrons. The minimum Gasteiger partial charge on any atom is -0.479 e. The smallest absolute Gasteiger partial charge is 0.334 e. The van der Waals surface area contributed by atoms with Crippen molar-refractivity contribution < 1.29 is 15.0 Å². The first kappa shape index (κ1) is 13.7. The minimum atomic E-state index is -1.40. The lowest BCUT2D eigenvalue weighted by Gasteiger charge is -2.18. The molecule has 0 bridgehead atoms. The van der Waals surface area contributed by atoms with Gasteiger partial charge in [-0.1, -0.05) is 25.7 Å². The molecule has 2 atom stereocenters. The van der Waals surface area contributed by atoms with Gasteiger partial charge in [0, 0.05) is 6.04 Å². The van der Waals surface area contributed by atoms with E-state index in [9.17, 15) is 4.79 Å². The van der Waals surface area contributed by atoms with Gasteiger partial charge in [-0.25, -0.2) is 4.79 Å². The Labute approximate surface area is 89.9 Å². The zero-order valence-electron chi connectivity index (χ0n) is 8.06. The summed E-state index contributed by atoms with van der Waals surface area (Å²) in [7, 11) is 0. The fourth-order valence-electron chi connectivity index (χ4n) is 1.94. The van der Waals surface area contributed by atoms with Gasteiger partial charge in [-0.05, 0) is 12.3 Å². The summed E-state index contributed by atoms with van der Waals surface area (Å²) in [6.07, 6.45) is 3.90. The summed E-state index contributed by atoms with van der Waals surface area (Å²) in [4.78, 5) is 10.4. The highest BCUT2D eigenvalue weighted by Gasteiger charge is 2.26. The minimum absolute atomic E-state index is 0. The number of rotatable bonds is 4. The molecule has 0 aliphatic heterocycles. The molecule has 1 aliphatic rings. The molecule has 1 aliphatic carbocycles. The van der Waals surface area contributed by atoms with Crippen LogP contribution in [0.15, 0.2) is 0 Å². The molecule has 0 radical (unpaired) electrons. The second-order valence-corrected chi connectivity index (χ2v) is 3.83. The van der Waals surface area contributed by atoms with Crippen molar-refractivity contribution in [2.75, 3.05) is 0 Å². The topological polar surface area (TPSA) is 83.5 Å². The molecule has 1 saturated carbocycles. The molecule has 0 spiro atoms. The van der Waals surface area contributed by atoms with Gasteiger partial charge in [0.2, 0.25) is 0 Å². The van der Waals surface area contributed by atoms with Crippen molar-refractivity contribution in [2.24, 2.45) is 11.7 Å². The van der Waals surface area contributed by atoms with Gasteiger partial charge >= 0.3 is 5.97 Å². The highest BCUT2D eigenvalue weighted by atomic mass is 35.5. The van der Waals surface area contributed by atoms with Crippen molar-refractivity contribution in [3.63, 3.8) is 0 Å². The molecule has 4 nitrogen and oxygen atoms in total. The molecule has 1 rings (SSSR count). The first-order chi connectivity index (χ1) is 6.11. The molecule has 5 heteroatoms. The SMILES string of the molecule is Cl.NC(CC1CCCC1)C(O)C(=O)O. The van der Waals surface area contributed by atoms with E-state index in [1.165, 1.54) is 12.8 Å². The molecule has 4 N–H and O–H groups in total. The number of carboxylic acid groups (broad SMARTS) is 1. The summed E-state index contributed by atoms with van der Waals surface area (Å²) in [5, 5.41) is 17.6. The fraction of sp³-hybridized carbons (Fsp3) is 0.889. The maximum atomic E-state index is 10.4. The molecule has 1 fully saturated rings. The van der Waals surface area contributed by atoms with Gasteiger partial charge in [0.05, 0.1) is 0 Å². The normalized spacial score (nSPS) is 21.3. The van der Waals surface area contributed by atoms with Crippen LogP contribution in [-0.2, 0) is 4.79 Å². The van der Waals surface area contributed by atoms with Crippen LogP contribution in [0.4, 0.5) is 0 Å². The number of carboxylic acids is 1. The summed E-state index contributed by atoms with van der Waals surface area (Å²) < 4.78 is 0. The zero-order valence-corrected chi connectivity index (χ0v) is 8.87. The first-order valence-corrected chi connectivity index (χ1v) is 4.77. The molecule has 0 amide bonds. The van der Waals surface area contributed by atoms with Gasteiger partial charge in [-0.3, -0.25) is 0 Å². The Kier molecular flexibility index (Phi) is 6.08. The molecule has 0 aromatic rings. The van der Waals surface area contributed by atoms with Gasteiger partial charge in [-0.2, -0.15) is 0 Å². The van der Waals surface area contributed by atoms with Crippen molar-refractivity contribution in [1.82, 2.24) is 0 Å². The third-order valence-electron chi connectivity index (χ3n) is 2.74. The van der Waals surface area contributed by atoms with Crippen LogP contribution in [0.2, 0.25) is 0 Å². The van der Waals surface area contributed by atoms with E-state index in [2.05, 4.69) is 0 Å². The Morgan fingerprint density at radius 1 is 1.43 bits per heavy atom. The fourth-order valence-corrected chi connectivity index (χ4v) is 1.94. The van der Waals surface area contributed by atoms with Gasteiger partial charge in [0.1, 0.15) is 0 Å². The van der Waals surface area contributed by atoms with Gasteiger partial charge in [-0.15, -0.1) is 12.4 Å². The van der Waals surface area contributed by atoms with Gasteiger partial charge in [0.25, 0.3) is 0 Å². The standard InChI is InChI=1S/C9H17NO3.ClH/c10-7(8(11)9(12)13)5-6-3-1-2-4-6;/h6-8,11H,1-5,10H2,(H,12,13);1H. The molecular formula is C9H18ClNO3. The van der Waals surface area contributed by atoms with E-state index in [1.54, 1.807) is 0 Å². The van der Waals surface area contributed by atoms with Crippen LogP contribution < -0.4 is 5.73 Å². The van der Waals surface area contributed by atoms with Crippen molar-refractivity contribution in [1.29, 1.82) is 0 Å². The number of halogens is 1.